The zero-order valence-electron chi connectivity index (χ0n) is 17.8. The van der Waals surface area contributed by atoms with E-state index in [4.69, 9.17) is 0 Å². The van der Waals surface area contributed by atoms with Crippen molar-refractivity contribution >= 4 is 35.1 Å². The number of carbonyl (C=O) groups excluding carboxylic acids is 2. The summed E-state index contributed by atoms with van der Waals surface area (Å²) in [5.74, 6) is -0.333. The maximum absolute atomic E-state index is 15.5. The summed E-state index contributed by atoms with van der Waals surface area (Å²) in [5, 5.41) is 0. The number of pyridine rings is 1. The van der Waals surface area contributed by atoms with Crippen LogP contribution in [0.3, 0.4) is 0 Å². The highest BCUT2D eigenvalue weighted by molar-refractivity contribution is 7.98. The Kier molecular flexibility index (Phi) is 5.63. The first kappa shape index (κ1) is 21.0. The molecule has 3 heterocycles. The van der Waals surface area contributed by atoms with Crippen molar-refractivity contribution in [3.8, 4) is 11.1 Å². The van der Waals surface area contributed by atoms with E-state index in [1.54, 1.807) is 12.3 Å². The monoisotopic (exact) mass is 452 g/mol. The van der Waals surface area contributed by atoms with Crippen LogP contribution in [0.4, 0.5) is 15.9 Å². The number of nitrogens with one attached hydrogen (secondary N) is 1. The Morgan fingerprint density at radius 2 is 1.88 bits per heavy atom. The number of halogens is 1. The summed E-state index contributed by atoms with van der Waals surface area (Å²) < 4.78 is 18.2. The maximum atomic E-state index is 15.5. The molecule has 1 saturated carbocycles. The molecule has 0 unspecified atom stereocenters. The number of hydrogen-bond acceptors (Lipinski definition) is 6. The molecule has 1 amide bonds. The predicted octanol–water partition coefficient (Wildman–Crippen LogP) is 4.32. The third-order valence-corrected chi connectivity index (χ3v) is 7.01. The van der Waals surface area contributed by atoms with E-state index in [-0.39, 0.29) is 17.2 Å². The van der Waals surface area contributed by atoms with Crippen LogP contribution in [0, 0.1) is 5.82 Å². The van der Waals surface area contributed by atoms with Crippen LogP contribution in [-0.2, 0) is 4.79 Å². The number of carbonyl (C=O) groups is 2. The van der Waals surface area contributed by atoms with Gasteiger partial charge in [0.1, 0.15) is 11.6 Å². The molecule has 166 valence electrons. The molecule has 0 radical (unpaired) electrons. The molecule has 1 aliphatic carbocycles. The van der Waals surface area contributed by atoms with E-state index in [0.29, 0.717) is 17.1 Å². The summed E-state index contributed by atoms with van der Waals surface area (Å²) in [5.41, 5.74) is 1.79. The van der Waals surface area contributed by atoms with Gasteiger partial charge in [-0.15, -0.1) is 0 Å². The first-order chi connectivity index (χ1) is 15.5. The summed E-state index contributed by atoms with van der Waals surface area (Å²) in [6.07, 6.45) is 7.11. The Labute approximate surface area is 191 Å². The zero-order chi connectivity index (χ0) is 22.2. The van der Waals surface area contributed by atoms with Gasteiger partial charge in [-0.3, -0.25) is 14.3 Å². The van der Waals surface area contributed by atoms with Gasteiger partial charge in [-0.2, -0.15) is 0 Å². The average molecular weight is 453 g/mol. The Hall–Kier alpha value is -2.87. The number of anilines is 2. The van der Waals surface area contributed by atoms with Gasteiger partial charge in [0.2, 0.25) is 0 Å². The highest BCUT2D eigenvalue weighted by Crippen LogP contribution is 2.41. The van der Waals surface area contributed by atoms with E-state index in [2.05, 4.69) is 26.1 Å². The second kappa shape index (κ2) is 8.58. The van der Waals surface area contributed by atoms with E-state index in [1.807, 2.05) is 12.1 Å². The van der Waals surface area contributed by atoms with E-state index in [1.165, 1.54) is 24.4 Å². The summed E-state index contributed by atoms with van der Waals surface area (Å²) in [4.78, 5) is 34.2. The van der Waals surface area contributed by atoms with E-state index < -0.39 is 17.5 Å². The van der Waals surface area contributed by atoms with Crippen LogP contribution >= 0.6 is 11.9 Å². The molecular weight excluding hydrogens is 427 g/mol. The number of ketones is 1. The van der Waals surface area contributed by atoms with Gasteiger partial charge in [0, 0.05) is 47.7 Å². The lowest BCUT2D eigenvalue weighted by molar-refractivity contribution is -0.115. The predicted molar refractivity (Wildman–Crippen MR) is 125 cm³/mol. The largest absolute Gasteiger partial charge is 0.357 e. The maximum Gasteiger partial charge on any atom is 0.264 e. The van der Waals surface area contributed by atoms with Crippen LogP contribution in [0.5, 0.6) is 0 Å². The van der Waals surface area contributed by atoms with E-state index in [9.17, 15) is 9.59 Å². The standard InChI is InChI=1S/C24H25FN4O2S/c1-15-22(30)19-12-20(25)18(13-21(19)29(16-7-8-16)14-32-27-24(15)31)17-6-5-9-26-23(17)28-10-3-2-4-11-28/h5-6,9,12-13,16H,1-4,7-8,10-11,14H2,(H,27,31). The Bertz CT molecular complexity index is 1100. The number of fused-ring (bicyclic) bond motifs is 1. The SMILES string of the molecule is C=C1C(=O)NSCN(C2CC2)c2cc(-c3cccnc3N3CCCCC3)c(F)cc2C1=O. The van der Waals surface area contributed by atoms with Gasteiger partial charge in [0.05, 0.1) is 11.4 Å². The molecule has 2 fully saturated rings. The molecule has 3 aliphatic rings. The van der Waals surface area contributed by atoms with E-state index in [0.717, 1.165) is 50.2 Å². The van der Waals surface area contributed by atoms with Crippen molar-refractivity contribution in [3.05, 3.63) is 54.0 Å². The molecule has 1 aromatic heterocycles. The first-order valence-electron chi connectivity index (χ1n) is 11.0. The number of benzene rings is 1. The lowest BCUT2D eigenvalue weighted by Gasteiger charge is -2.30. The smallest absolute Gasteiger partial charge is 0.264 e. The molecule has 1 aromatic carbocycles. The summed E-state index contributed by atoms with van der Waals surface area (Å²) in [6.45, 7) is 5.45. The minimum Gasteiger partial charge on any atom is -0.357 e. The van der Waals surface area contributed by atoms with Crippen molar-refractivity contribution in [3.63, 3.8) is 0 Å². The summed E-state index contributed by atoms with van der Waals surface area (Å²) in [6, 6.07) is 7.00. The van der Waals surface area contributed by atoms with Gasteiger partial charge in [-0.25, -0.2) is 9.37 Å². The normalized spacial score (nSPS) is 19.7. The van der Waals surface area contributed by atoms with Gasteiger partial charge in [0.25, 0.3) is 5.91 Å². The number of nitrogens with zero attached hydrogens (tertiary/aromatic N) is 3. The average Bonchev–Trinajstić information content (AvgIpc) is 3.66. The molecule has 1 N–H and O–H groups in total. The topological polar surface area (TPSA) is 65.5 Å². The molecule has 5 rings (SSSR count). The number of amides is 1. The van der Waals surface area contributed by atoms with Crippen LogP contribution in [-0.4, -0.2) is 41.7 Å². The van der Waals surface area contributed by atoms with Crippen LogP contribution < -0.4 is 14.5 Å². The van der Waals surface area contributed by atoms with Gasteiger partial charge in [-0.1, -0.05) is 6.58 Å². The molecule has 0 bridgehead atoms. The number of aromatic nitrogens is 1. The first-order valence-corrected chi connectivity index (χ1v) is 12.0. The number of piperidine rings is 1. The minimum absolute atomic E-state index is 0.182. The third kappa shape index (κ3) is 3.88. The number of hydrogen-bond donors (Lipinski definition) is 1. The molecule has 2 aliphatic heterocycles. The molecule has 2 aromatic rings. The van der Waals surface area contributed by atoms with Gasteiger partial charge in [0.15, 0.2) is 5.78 Å². The molecule has 32 heavy (non-hydrogen) atoms. The van der Waals surface area contributed by atoms with Crippen molar-refractivity contribution in [1.29, 1.82) is 0 Å². The van der Waals surface area contributed by atoms with Gasteiger partial charge < -0.3 is 9.80 Å². The van der Waals surface area contributed by atoms with Crippen LogP contribution in [0.15, 0.2) is 42.6 Å². The fraction of sp³-hybridized carbons (Fsp3) is 0.375. The highest BCUT2D eigenvalue weighted by atomic mass is 32.2. The molecule has 1 saturated heterocycles. The fourth-order valence-electron chi connectivity index (χ4n) is 4.41. The molecule has 8 heteroatoms. The molecule has 0 atom stereocenters. The third-order valence-electron chi connectivity index (χ3n) is 6.28. The number of rotatable bonds is 3. The van der Waals surface area contributed by atoms with E-state index >= 15 is 4.39 Å². The van der Waals surface area contributed by atoms with Crippen LogP contribution in [0.25, 0.3) is 11.1 Å². The van der Waals surface area contributed by atoms with Crippen molar-refractivity contribution in [2.24, 2.45) is 0 Å². The second-order valence-corrected chi connectivity index (χ2v) is 9.24. The minimum atomic E-state index is -0.543. The van der Waals surface area contributed by atoms with Crippen LogP contribution in [0.2, 0.25) is 0 Å². The molecule has 6 nitrogen and oxygen atoms in total. The van der Waals surface area contributed by atoms with Crippen molar-refractivity contribution in [2.75, 3.05) is 28.8 Å². The summed E-state index contributed by atoms with van der Waals surface area (Å²) >= 11 is 1.23. The molecular formula is C24H25FN4O2S. The van der Waals surface area contributed by atoms with Gasteiger partial charge >= 0.3 is 0 Å². The second-order valence-electron chi connectivity index (χ2n) is 8.48. The van der Waals surface area contributed by atoms with Crippen molar-refractivity contribution in [1.82, 2.24) is 9.71 Å². The fourth-order valence-corrected chi connectivity index (χ4v) is 5.21. The lowest BCUT2D eigenvalue weighted by atomic mass is 9.96. The summed E-state index contributed by atoms with van der Waals surface area (Å²) in [7, 11) is 0. The quantitative estimate of drug-likeness (QED) is 0.425. The Morgan fingerprint density at radius 1 is 1.09 bits per heavy atom. The zero-order valence-corrected chi connectivity index (χ0v) is 18.6. The van der Waals surface area contributed by atoms with Crippen LogP contribution in [0.1, 0.15) is 42.5 Å². The Balaban J connectivity index is 1.65. The van der Waals surface area contributed by atoms with Crippen molar-refractivity contribution in [2.45, 2.75) is 38.1 Å². The highest BCUT2D eigenvalue weighted by Gasteiger charge is 2.35. The lowest BCUT2D eigenvalue weighted by Crippen LogP contribution is -2.30. The van der Waals surface area contributed by atoms with Crippen molar-refractivity contribution < 1.29 is 14.0 Å². The number of Topliss-reactive ketones (excluding diaryl/α,β-unsaturated/α-hetero) is 1. The van der Waals surface area contributed by atoms with Gasteiger partial charge in [-0.05, 0) is 68.3 Å². The molecule has 0 spiro atoms. The Morgan fingerprint density at radius 3 is 2.62 bits per heavy atom.